The van der Waals surface area contributed by atoms with Crippen molar-refractivity contribution in [2.75, 3.05) is 13.6 Å². The van der Waals surface area contributed by atoms with E-state index in [1.807, 2.05) is 18.8 Å². The Morgan fingerprint density at radius 1 is 1.30 bits per heavy atom. The molecule has 0 atom stereocenters. The molecule has 4 heteroatoms. The van der Waals surface area contributed by atoms with E-state index in [9.17, 15) is 0 Å². The number of aromatic nitrogens is 2. The van der Waals surface area contributed by atoms with E-state index in [4.69, 9.17) is 0 Å². The Hall–Kier alpha value is -1.65. The molecule has 1 aromatic carbocycles. The van der Waals surface area contributed by atoms with Gasteiger partial charge in [-0.25, -0.2) is 0 Å². The molecule has 0 unspecified atom stereocenters. The monoisotopic (exact) mass is 285 g/mol. The third-order valence-corrected chi connectivity index (χ3v) is 4.32. The summed E-state index contributed by atoms with van der Waals surface area (Å²) in [5, 5.41) is 4.60. The molecule has 0 radical (unpaired) electrons. The van der Waals surface area contributed by atoms with Gasteiger partial charge in [-0.1, -0.05) is 18.2 Å². The van der Waals surface area contributed by atoms with Crippen LogP contribution in [-0.2, 0) is 13.0 Å². The van der Waals surface area contributed by atoms with Crippen LogP contribution in [0.5, 0.6) is 0 Å². The molecule has 20 heavy (non-hydrogen) atoms. The molecule has 0 saturated carbocycles. The van der Waals surface area contributed by atoms with E-state index in [0.717, 1.165) is 19.5 Å². The maximum absolute atomic E-state index is 4.16. The highest BCUT2D eigenvalue weighted by molar-refractivity contribution is 7.09. The smallest absolute Gasteiger partial charge is 0.0794 e. The predicted molar refractivity (Wildman–Crippen MR) is 85.4 cm³/mol. The summed E-state index contributed by atoms with van der Waals surface area (Å²) in [6, 6.07) is 8.68. The first-order valence-corrected chi connectivity index (χ1v) is 7.85. The largest absolute Gasteiger partial charge is 0.342 e. The molecule has 1 N–H and O–H groups in total. The number of aryl methyl sites for hydroxylation is 1. The zero-order valence-corrected chi connectivity index (χ0v) is 12.5. The Kier molecular flexibility index (Phi) is 4.14. The summed E-state index contributed by atoms with van der Waals surface area (Å²) in [5.74, 6) is 0. The highest BCUT2D eigenvalue weighted by Gasteiger charge is 2.08. The molecule has 3 aromatic rings. The highest BCUT2D eigenvalue weighted by atomic mass is 32.1. The number of nitrogens with one attached hydrogen (secondary N) is 1. The molecule has 104 valence electrons. The molecule has 0 aliphatic rings. The molecule has 0 spiro atoms. The normalized spacial score (nSPS) is 11.2. The fourth-order valence-electron chi connectivity index (χ4n) is 2.60. The first-order valence-electron chi connectivity index (χ1n) is 6.97. The van der Waals surface area contributed by atoms with E-state index in [-0.39, 0.29) is 0 Å². The van der Waals surface area contributed by atoms with Gasteiger partial charge in [0.05, 0.1) is 12.1 Å². The lowest BCUT2D eigenvalue weighted by Crippen LogP contribution is -2.08. The fraction of sp³-hybridized carbons (Fsp3) is 0.312. The Bertz CT molecular complexity index is 670. The van der Waals surface area contributed by atoms with Gasteiger partial charge in [-0.15, -0.1) is 11.3 Å². The number of hydrogen-bond acceptors (Lipinski definition) is 3. The van der Waals surface area contributed by atoms with Crippen LogP contribution in [0, 0.1) is 0 Å². The van der Waals surface area contributed by atoms with E-state index in [0.29, 0.717) is 0 Å². The van der Waals surface area contributed by atoms with Crippen molar-refractivity contribution in [2.24, 2.45) is 0 Å². The molecule has 0 aliphatic carbocycles. The molecule has 2 heterocycles. The van der Waals surface area contributed by atoms with Gasteiger partial charge in [-0.05, 0) is 38.1 Å². The molecule has 2 aromatic heterocycles. The van der Waals surface area contributed by atoms with Crippen molar-refractivity contribution in [3.63, 3.8) is 0 Å². The number of thiazole rings is 1. The molecule has 3 nitrogen and oxygen atoms in total. The third kappa shape index (κ3) is 2.76. The number of benzene rings is 1. The van der Waals surface area contributed by atoms with Crippen molar-refractivity contribution in [1.82, 2.24) is 14.9 Å². The van der Waals surface area contributed by atoms with Crippen molar-refractivity contribution < 1.29 is 0 Å². The second-order valence-corrected chi connectivity index (χ2v) is 5.95. The van der Waals surface area contributed by atoms with Gasteiger partial charge in [-0.2, -0.15) is 0 Å². The van der Waals surface area contributed by atoms with Crippen LogP contribution in [0.2, 0.25) is 0 Å². The Balaban J connectivity index is 1.91. The van der Waals surface area contributed by atoms with Crippen molar-refractivity contribution in [1.29, 1.82) is 0 Å². The molecule has 0 bridgehead atoms. The van der Waals surface area contributed by atoms with Crippen molar-refractivity contribution >= 4 is 22.2 Å². The van der Waals surface area contributed by atoms with Gasteiger partial charge >= 0.3 is 0 Å². The number of nitrogens with zero attached hydrogens (tertiary/aromatic N) is 2. The maximum atomic E-state index is 4.16. The molecule has 0 amide bonds. The van der Waals surface area contributed by atoms with Crippen LogP contribution in [0.3, 0.4) is 0 Å². The van der Waals surface area contributed by atoms with Crippen LogP contribution in [0.25, 0.3) is 10.9 Å². The van der Waals surface area contributed by atoms with E-state index in [1.54, 1.807) is 11.3 Å². The lowest BCUT2D eigenvalue weighted by atomic mass is 10.1. The number of hydrogen-bond donors (Lipinski definition) is 1. The Morgan fingerprint density at radius 2 is 2.20 bits per heavy atom. The van der Waals surface area contributed by atoms with Crippen LogP contribution in [0.4, 0.5) is 0 Å². The van der Waals surface area contributed by atoms with Gasteiger partial charge in [0, 0.05) is 28.2 Å². The quantitative estimate of drug-likeness (QED) is 0.704. The molecular weight excluding hydrogens is 266 g/mol. The average Bonchev–Trinajstić information content (AvgIpc) is 3.09. The van der Waals surface area contributed by atoms with Crippen molar-refractivity contribution in [3.8, 4) is 0 Å². The number of para-hydroxylation sites is 1. The highest BCUT2D eigenvalue weighted by Crippen LogP contribution is 2.24. The Labute approximate surface area is 123 Å². The van der Waals surface area contributed by atoms with Gasteiger partial charge in [0.1, 0.15) is 0 Å². The number of fused-ring (bicyclic) bond motifs is 1. The summed E-state index contributed by atoms with van der Waals surface area (Å²) in [6.07, 6.45) is 6.56. The van der Waals surface area contributed by atoms with Crippen LogP contribution < -0.4 is 5.32 Å². The van der Waals surface area contributed by atoms with Gasteiger partial charge in [0.2, 0.25) is 0 Å². The van der Waals surface area contributed by atoms with Gasteiger partial charge in [-0.3, -0.25) is 4.98 Å². The molecule has 0 fully saturated rings. The first-order chi connectivity index (χ1) is 9.88. The summed E-state index contributed by atoms with van der Waals surface area (Å²) < 4.78 is 2.34. The van der Waals surface area contributed by atoms with E-state index in [2.05, 4.69) is 45.3 Å². The predicted octanol–water partition coefficient (Wildman–Crippen LogP) is 3.30. The molecular formula is C16H19N3S. The standard InChI is InChI=1S/C16H19N3S/c1-17-8-4-5-13-10-19(11-14-9-18-12-20-14)16-7-3-2-6-15(13)16/h2-3,6-7,9-10,12,17H,4-5,8,11H2,1H3. The molecule has 0 saturated heterocycles. The summed E-state index contributed by atoms with van der Waals surface area (Å²) in [7, 11) is 2.01. The second-order valence-electron chi connectivity index (χ2n) is 4.97. The Morgan fingerprint density at radius 3 is 3.00 bits per heavy atom. The van der Waals surface area contributed by atoms with Gasteiger partial charge < -0.3 is 9.88 Å². The minimum atomic E-state index is 0.914. The van der Waals surface area contributed by atoms with Gasteiger partial charge in [0.15, 0.2) is 0 Å². The molecule has 3 rings (SSSR count). The second kappa shape index (κ2) is 6.20. The minimum absolute atomic E-state index is 0.914. The summed E-state index contributed by atoms with van der Waals surface area (Å²) in [5.41, 5.74) is 4.66. The van der Waals surface area contributed by atoms with E-state index < -0.39 is 0 Å². The lowest BCUT2D eigenvalue weighted by Gasteiger charge is -2.02. The molecule has 0 aliphatic heterocycles. The number of rotatable bonds is 6. The minimum Gasteiger partial charge on any atom is -0.342 e. The fourth-order valence-corrected chi connectivity index (χ4v) is 3.19. The summed E-state index contributed by atoms with van der Waals surface area (Å²) in [6.45, 7) is 1.98. The first kappa shape index (κ1) is 13.3. The summed E-state index contributed by atoms with van der Waals surface area (Å²) >= 11 is 1.72. The zero-order chi connectivity index (χ0) is 13.8. The van der Waals surface area contributed by atoms with E-state index in [1.165, 1.54) is 27.8 Å². The van der Waals surface area contributed by atoms with Crippen LogP contribution in [0.1, 0.15) is 16.9 Å². The van der Waals surface area contributed by atoms with Crippen LogP contribution in [-0.4, -0.2) is 23.1 Å². The SMILES string of the molecule is CNCCCc1cn(Cc2cncs2)c2ccccc12. The average molecular weight is 285 g/mol. The van der Waals surface area contributed by atoms with Crippen molar-refractivity contribution in [2.45, 2.75) is 19.4 Å². The topological polar surface area (TPSA) is 29.9 Å². The summed E-state index contributed by atoms with van der Waals surface area (Å²) in [4.78, 5) is 5.46. The van der Waals surface area contributed by atoms with Crippen LogP contribution in [0.15, 0.2) is 42.2 Å². The van der Waals surface area contributed by atoms with Crippen molar-refractivity contribution in [3.05, 3.63) is 52.6 Å². The lowest BCUT2D eigenvalue weighted by molar-refractivity contribution is 0.723. The maximum Gasteiger partial charge on any atom is 0.0794 e. The van der Waals surface area contributed by atoms with Crippen LogP contribution >= 0.6 is 11.3 Å². The third-order valence-electron chi connectivity index (χ3n) is 3.55. The zero-order valence-electron chi connectivity index (χ0n) is 11.7. The van der Waals surface area contributed by atoms with E-state index >= 15 is 0 Å². The van der Waals surface area contributed by atoms with Gasteiger partial charge in [0.25, 0.3) is 0 Å².